The molecular formula is C13H28N2O. The highest BCUT2D eigenvalue weighted by Crippen LogP contribution is 2.31. The number of hydrogen-bond donors (Lipinski definition) is 1. The minimum absolute atomic E-state index is 0.249. The van der Waals surface area contributed by atoms with Crippen LogP contribution in [0.25, 0.3) is 0 Å². The molecule has 1 fully saturated rings. The third-order valence-corrected chi connectivity index (χ3v) is 3.85. The van der Waals surface area contributed by atoms with E-state index < -0.39 is 0 Å². The van der Waals surface area contributed by atoms with Crippen molar-refractivity contribution in [2.75, 3.05) is 26.7 Å². The maximum atomic E-state index is 5.99. The van der Waals surface area contributed by atoms with Crippen LogP contribution >= 0.6 is 0 Å². The molecule has 0 saturated heterocycles. The second-order valence-corrected chi connectivity index (χ2v) is 5.33. The number of likely N-dealkylation sites (N-methyl/N-ethyl adjacent to an activating group) is 1. The predicted octanol–water partition coefficient (Wildman–Crippen LogP) is 2.00. The lowest BCUT2D eigenvalue weighted by Crippen LogP contribution is -2.54. The van der Waals surface area contributed by atoms with Crippen LogP contribution in [-0.2, 0) is 4.74 Å². The van der Waals surface area contributed by atoms with E-state index in [4.69, 9.17) is 10.5 Å². The van der Waals surface area contributed by atoms with E-state index in [0.29, 0.717) is 6.10 Å². The molecule has 0 radical (unpaired) electrons. The Balaban J connectivity index is 2.39. The van der Waals surface area contributed by atoms with E-state index in [0.717, 1.165) is 19.7 Å². The third-order valence-electron chi connectivity index (χ3n) is 3.85. The number of nitrogens with zero attached hydrogens (tertiary/aromatic N) is 1. The molecule has 0 aliphatic heterocycles. The van der Waals surface area contributed by atoms with Crippen molar-refractivity contribution in [3.63, 3.8) is 0 Å². The first kappa shape index (κ1) is 13.9. The highest BCUT2D eigenvalue weighted by molar-refractivity contribution is 4.92. The fourth-order valence-corrected chi connectivity index (χ4v) is 2.61. The van der Waals surface area contributed by atoms with Gasteiger partial charge in [0.2, 0.25) is 0 Å². The maximum absolute atomic E-state index is 5.99. The Hall–Kier alpha value is -0.120. The molecule has 0 atom stereocenters. The highest BCUT2D eigenvalue weighted by Gasteiger charge is 2.34. The largest absolute Gasteiger partial charge is 0.377 e. The molecule has 1 saturated carbocycles. The molecule has 0 amide bonds. The van der Waals surface area contributed by atoms with Gasteiger partial charge in [0.1, 0.15) is 0 Å². The van der Waals surface area contributed by atoms with Crippen LogP contribution in [0.5, 0.6) is 0 Å². The molecule has 16 heavy (non-hydrogen) atoms. The Bertz CT molecular complexity index is 188. The lowest BCUT2D eigenvalue weighted by molar-refractivity contribution is 0.0217. The molecule has 1 aliphatic carbocycles. The van der Waals surface area contributed by atoms with Crippen LogP contribution in [0, 0.1) is 0 Å². The molecule has 2 N–H and O–H groups in total. The van der Waals surface area contributed by atoms with Gasteiger partial charge in [-0.1, -0.05) is 19.3 Å². The van der Waals surface area contributed by atoms with Gasteiger partial charge < -0.3 is 10.5 Å². The average molecular weight is 228 g/mol. The zero-order valence-electron chi connectivity index (χ0n) is 11.2. The van der Waals surface area contributed by atoms with Crippen LogP contribution in [0.15, 0.2) is 0 Å². The molecule has 1 aliphatic rings. The van der Waals surface area contributed by atoms with Crippen molar-refractivity contribution in [1.82, 2.24) is 4.90 Å². The third kappa shape index (κ3) is 3.72. The van der Waals surface area contributed by atoms with Gasteiger partial charge in [0.05, 0.1) is 12.7 Å². The minimum atomic E-state index is 0.249. The fourth-order valence-electron chi connectivity index (χ4n) is 2.61. The van der Waals surface area contributed by atoms with Gasteiger partial charge in [0.15, 0.2) is 0 Å². The van der Waals surface area contributed by atoms with Gasteiger partial charge in [-0.25, -0.2) is 0 Å². The Kier molecular flexibility index (Phi) is 5.73. The summed E-state index contributed by atoms with van der Waals surface area (Å²) in [5.74, 6) is 0. The summed E-state index contributed by atoms with van der Waals surface area (Å²) in [4.78, 5) is 2.43. The Morgan fingerprint density at radius 3 is 2.38 bits per heavy atom. The van der Waals surface area contributed by atoms with E-state index >= 15 is 0 Å². The topological polar surface area (TPSA) is 38.5 Å². The summed E-state index contributed by atoms with van der Waals surface area (Å²) in [7, 11) is 2.20. The summed E-state index contributed by atoms with van der Waals surface area (Å²) in [6, 6.07) is 0. The zero-order valence-corrected chi connectivity index (χ0v) is 11.2. The van der Waals surface area contributed by atoms with E-state index in [9.17, 15) is 0 Å². The van der Waals surface area contributed by atoms with Gasteiger partial charge in [-0.15, -0.1) is 0 Å². The molecule has 3 heteroatoms. The standard InChI is InChI=1S/C13H28N2O/c1-12(2)16-10-9-15(3)13(11-14)7-5-4-6-8-13/h12H,4-11,14H2,1-3H3. The smallest absolute Gasteiger partial charge is 0.0597 e. The molecule has 96 valence electrons. The molecule has 0 unspecified atom stereocenters. The monoisotopic (exact) mass is 228 g/mol. The summed E-state index contributed by atoms with van der Waals surface area (Å²) in [5.41, 5.74) is 6.24. The average Bonchev–Trinajstić information content (AvgIpc) is 2.29. The molecular weight excluding hydrogens is 200 g/mol. The summed E-state index contributed by atoms with van der Waals surface area (Å²) in [5, 5.41) is 0. The predicted molar refractivity (Wildman–Crippen MR) is 68.6 cm³/mol. The van der Waals surface area contributed by atoms with Crippen molar-refractivity contribution >= 4 is 0 Å². The van der Waals surface area contributed by atoms with Crippen LogP contribution in [0.3, 0.4) is 0 Å². The lowest BCUT2D eigenvalue weighted by Gasteiger charge is -2.44. The molecule has 0 spiro atoms. The molecule has 1 rings (SSSR count). The fraction of sp³-hybridized carbons (Fsp3) is 1.00. The van der Waals surface area contributed by atoms with Crippen LogP contribution in [-0.4, -0.2) is 43.3 Å². The highest BCUT2D eigenvalue weighted by atomic mass is 16.5. The van der Waals surface area contributed by atoms with Crippen molar-refractivity contribution in [3.8, 4) is 0 Å². The van der Waals surface area contributed by atoms with Crippen molar-refractivity contribution in [2.24, 2.45) is 5.73 Å². The Labute approximate surface area is 100 Å². The minimum Gasteiger partial charge on any atom is -0.377 e. The Morgan fingerprint density at radius 1 is 1.25 bits per heavy atom. The van der Waals surface area contributed by atoms with Gasteiger partial charge in [-0.3, -0.25) is 4.90 Å². The molecule has 0 aromatic carbocycles. The normalized spacial score (nSPS) is 20.6. The molecule has 3 nitrogen and oxygen atoms in total. The Morgan fingerprint density at radius 2 is 1.88 bits per heavy atom. The first-order valence-corrected chi connectivity index (χ1v) is 6.64. The van der Waals surface area contributed by atoms with E-state index in [1.165, 1.54) is 32.1 Å². The quantitative estimate of drug-likeness (QED) is 0.756. The van der Waals surface area contributed by atoms with Crippen molar-refractivity contribution < 1.29 is 4.74 Å². The van der Waals surface area contributed by atoms with E-state index in [1.54, 1.807) is 0 Å². The van der Waals surface area contributed by atoms with Crippen molar-refractivity contribution in [2.45, 2.75) is 57.6 Å². The van der Waals surface area contributed by atoms with Crippen molar-refractivity contribution in [1.29, 1.82) is 0 Å². The number of ether oxygens (including phenoxy) is 1. The van der Waals surface area contributed by atoms with Gasteiger partial charge in [0.25, 0.3) is 0 Å². The molecule has 0 aromatic rings. The first-order valence-electron chi connectivity index (χ1n) is 6.64. The number of nitrogens with two attached hydrogens (primary N) is 1. The van der Waals surface area contributed by atoms with Gasteiger partial charge in [-0.05, 0) is 33.7 Å². The molecule has 0 heterocycles. The zero-order chi connectivity index (χ0) is 12.0. The summed E-state index contributed by atoms with van der Waals surface area (Å²) in [6.45, 7) is 6.76. The first-order chi connectivity index (χ1) is 7.60. The number of rotatable bonds is 6. The van der Waals surface area contributed by atoms with Gasteiger partial charge in [-0.2, -0.15) is 0 Å². The van der Waals surface area contributed by atoms with Crippen molar-refractivity contribution in [3.05, 3.63) is 0 Å². The van der Waals surface area contributed by atoms with Gasteiger partial charge in [0, 0.05) is 18.6 Å². The van der Waals surface area contributed by atoms with Gasteiger partial charge >= 0.3 is 0 Å². The maximum Gasteiger partial charge on any atom is 0.0597 e. The van der Waals surface area contributed by atoms with E-state index in [1.807, 2.05) is 0 Å². The van der Waals surface area contributed by atoms with E-state index in [-0.39, 0.29) is 5.54 Å². The van der Waals surface area contributed by atoms with Crippen LogP contribution in [0.4, 0.5) is 0 Å². The SMILES string of the molecule is CC(C)OCCN(C)C1(CN)CCCCC1. The second-order valence-electron chi connectivity index (χ2n) is 5.33. The number of hydrogen-bond acceptors (Lipinski definition) is 3. The summed E-state index contributed by atoms with van der Waals surface area (Å²) in [6.07, 6.45) is 6.86. The van der Waals surface area contributed by atoms with E-state index in [2.05, 4.69) is 25.8 Å². The van der Waals surface area contributed by atoms with Crippen LogP contribution in [0.2, 0.25) is 0 Å². The molecule has 0 aromatic heterocycles. The second kappa shape index (κ2) is 6.58. The lowest BCUT2D eigenvalue weighted by atomic mass is 9.80. The summed E-state index contributed by atoms with van der Waals surface area (Å²) < 4.78 is 5.61. The summed E-state index contributed by atoms with van der Waals surface area (Å²) >= 11 is 0. The molecule has 0 bridgehead atoms. The van der Waals surface area contributed by atoms with Crippen LogP contribution in [0.1, 0.15) is 46.0 Å². The van der Waals surface area contributed by atoms with Crippen LogP contribution < -0.4 is 5.73 Å².